The summed E-state index contributed by atoms with van der Waals surface area (Å²) in [5, 5.41) is 13.4. The van der Waals surface area contributed by atoms with Gasteiger partial charge in [-0.15, -0.1) is 0 Å². The highest BCUT2D eigenvalue weighted by Gasteiger charge is 2.27. The normalized spacial score (nSPS) is 18.8. The van der Waals surface area contributed by atoms with Crippen LogP contribution in [0.4, 0.5) is 10.1 Å². The number of nitrogens with zero attached hydrogens (tertiary/aromatic N) is 2. The number of aliphatic hydroxyl groups is 1. The summed E-state index contributed by atoms with van der Waals surface area (Å²) in [6.07, 6.45) is -0.625. The van der Waals surface area contributed by atoms with Gasteiger partial charge in [-0.05, 0) is 42.8 Å². The molecule has 2 N–H and O–H groups in total. The van der Waals surface area contributed by atoms with Gasteiger partial charge in [0, 0.05) is 38.4 Å². The zero-order chi connectivity index (χ0) is 21.1. The van der Waals surface area contributed by atoms with Gasteiger partial charge in [-0.2, -0.15) is 0 Å². The Balaban J connectivity index is 1.26. The second-order valence-corrected chi connectivity index (χ2v) is 7.64. The molecule has 1 saturated heterocycles. The van der Waals surface area contributed by atoms with Gasteiger partial charge in [0.1, 0.15) is 5.82 Å². The summed E-state index contributed by atoms with van der Waals surface area (Å²) in [6.45, 7) is 5.50. The topological polar surface area (TPSA) is 74.3 Å². The quantitative estimate of drug-likeness (QED) is 0.754. The van der Waals surface area contributed by atoms with Crippen LogP contribution in [-0.4, -0.2) is 66.4 Å². The molecule has 7 nitrogen and oxygen atoms in total. The van der Waals surface area contributed by atoms with E-state index in [1.807, 2.05) is 25.1 Å². The first-order chi connectivity index (χ1) is 14.5. The molecule has 1 fully saturated rings. The summed E-state index contributed by atoms with van der Waals surface area (Å²) in [4.78, 5) is 16.8. The van der Waals surface area contributed by atoms with Crippen molar-refractivity contribution in [2.24, 2.45) is 0 Å². The number of benzene rings is 2. The number of anilines is 1. The molecule has 1 amide bonds. The number of halogens is 1. The van der Waals surface area contributed by atoms with E-state index in [0.717, 1.165) is 18.7 Å². The van der Waals surface area contributed by atoms with Gasteiger partial charge in [-0.25, -0.2) is 4.39 Å². The number of ether oxygens (including phenoxy) is 2. The van der Waals surface area contributed by atoms with E-state index in [0.29, 0.717) is 36.8 Å². The Kier molecular flexibility index (Phi) is 6.17. The second kappa shape index (κ2) is 8.99. The third-order valence-corrected chi connectivity index (χ3v) is 5.64. The Morgan fingerprint density at radius 3 is 2.67 bits per heavy atom. The third-order valence-electron chi connectivity index (χ3n) is 5.64. The number of β-amino-alcohol motifs (C(OH)–C–C–N with tert-alkyl or cyclic N) is 1. The van der Waals surface area contributed by atoms with Crippen molar-refractivity contribution in [2.75, 3.05) is 44.8 Å². The first-order valence-corrected chi connectivity index (χ1v) is 10.1. The maximum absolute atomic E-state index is 13.3. The summed E-state index contributed by atoms with van der Waals surface area (Å²) in [5.74, 6) is 0.823. The summed E-state index contributed by atoms with van der Waals surface area (Å²) in [7, 11) is 0. The lowest BCUT2D eigenvalue weighted by Crippen LogP contribution is -2.53. The standard InChI is InChI=1S/C22H26FN3O4/c1-15(22(28)24-18-4-2-3-17(23)12-18)26-9-7-25(8-10-26)13-19(27)16-5-6-20-21(11-16)30-14-29-20/h2-6,11-12,15,19,27H,7-10,13-14H2,1H3,(H,24,28)/t15-,19+/m0/s1. The molecule has 0 unspecified atom stereocenters. The number of amides is 1. The van der Waals surface area contributed by atoms with Crippen LogP contribution in [-0.2, 0) is 4.79 Å². The lowest BCUT2D eigenvalue weighted by atomic mass is 10.1. The van der Waals surface area contributed by atoms with Crippen LogP contribution in [0.25, 0.3) is 0 Å². The van der Waals surface area contributed by atoms with Crippen molar-refractivity contribution in [3.05, 3.63) is 53.8 Å². The molecular weight excluding hydrogens is 389 g/mol. The van der Waals surface area contributed by atoms with Gasteiger partial charge in [0.25, 0.3) is 0 Å². The Morgan fingerprint density at radius 2 is 1.90 bits per heavy atom. The minimum Gasteiger partial charge on any atom is -0.454 e. The van der Waals surface area contributed by atoms with E-state index < -0.39 is 6.10 Å². The molecule has 0 radical (unpaired) electrons. The first-order valence-electron chi connectivity index (χ1n) is 10.1. The first kappa shape index (κ1) is 20.6. The van der Waals surface area contributed by atoms with Crippen molar-refractivity contribution in [3.8, 4) is 11.5 Å². The SMILES string of the molecule is C[C@@H](C(=O)Nc1cccc(F)c1)N1CCN(C[C@@H](O)c2ccc3c(c2)OCO3)CC1. The fraction of sp³-hybridized carbons (Fsp3) is 0.409. The predicted octanol–water partition coefficient (Wildman–Crippen LogP) is 2.23. The van der Waals surface area contributed by atoms with Gasteiger partial charge in [0.05, 0.1) is 12.1 Å². The van der Waals surface area contributed by atoms with Gasteiger partial charge in [0.2, 0.25) is 12.7 Å². The smallest absolute Gasteiger partial charge is 0.241 e. The highest BCUT2D eigenvalue weighted by molar-refractivity contribution is 5.94. The molecule has 2 aromatic carbocycles. The fourth-order valence-electron chi connectivity index (χ4n) is 3.78. The van der Waals surface area contributed by atoms with Crippen LogP contribution >= 0.6 is 0 Å². The highest BCUT2D eigenvalue weighted by atomic mass is 19.1. The van der Waals surface area contributed by atoms with E-state index in [1.54, 1.807) is 12.1 Å². The molecule has 0 saturated carbocycles. The molecule has 0 aromatic heterocycles. The number of nitrogens with one attached hydrogen (secondary N) is 1. The van der Waals surface area contributed by atoms with Crippen molar-refractivity contribution < 1.29 is 23.8 Å². The minimum absolute atomic E-state index is 0.158. The molecule has 2 aliphatic heterocycles. The molecule has 0 bridgehead atoms. The molecule has 2 aromatic rings. The lowest BCUT2D eigenvalue weighted by Gasteiger charge is -2.38. The van der Waals surface area contributed by atoms with Gasteiger partial charge in [-0.1, -0.05) is 12.1 Å². The summed E-state index contributed by atoms with van der Waals surface area (Å²) in [6, 6.07) is 11.1. The molecule has 2 heterocycles. The molecular formula is C22H26FN3O4. The molecule has 4 rings (SSSR count). The largest absolute Gasteiger partial charge is 0.454 e. The number of piperazine rings is 1. The van der Waals surface area contributed by atoms with Gasteiger partial charge in [0.15, 0.2) is 11.5 Å². The number of hydrogen-bond acceptors (Lipinski definition) is 6. The molecule has 0 spiro atoms. The van der Waals surface area contributed by atoms with E-state index in [-0.39, 0.29) is 24.6 Å². The molecule has 2 atom stereocenters. The van der Waals surface area contributed by atoms with Crippen LogP contribution in [0, 0.1) is 5.82 Å². The monoisotopic (exact) mass is 415 g/mol. The molecule has 30 heavy (non-hydrogen) atoms. The number of fused-ring (bicyclic) bond motifs is 1. The fourth-order valence-corrected chi connectivity index (χ4v) is 3.78. The third kappa shape index (κ3) is 4.72. The average Bonchev–Trinajstić information content (AvgIpc) is 3.21. The van der Waals surface area contributed by atoms with Gasteiger partial charge < -0.3 is 19.9 Å². The lowest BCUT2D eigenvalue weighted by molar-refractivity contribution is -0.121. The van der Waals surface area contributed by atoms with E-state index >= 15 is 0 Å². The number of hydrogen-bond donors (Lipinski definition) is 2. The van der Waals surface area contributed by atoms with Crippen molar-refractivity contribution in [1.29, 1.82) is 0 Å². The maximum Gasteiger partial charge on any atom is 0.241 e. The Hall–Kier alpha value is -2.68. The summed E-state index contributed by atoms with van der Waals surface area (Å²) >= 11 is 0. The zero-order valence-electron chi connectivity index (χ0n) is 16.9. The zero-order valence-corrected chi connectivity index (χ0v) is 16.9. The van der Waals surface area contributed by atoms with Crippen molar-refractivity contribution >= 4 is 11.6 Å². The highest BCUT2D eigenvalue weighted by Crippen LogP contribution is 2.34. The summed E-state index contributed by atoms with van der Waals surface area (Å²) < 4.78 is 24.0. The van der Waals surface area contributed by atoms with Crippen LogP contribution in [0.3, 0.4) is 0 Å². The minimum atomic E-state index is -0.625. The molecule has 160 valence electrons. The predicted molar refractivity (Wildman–Crippen MR) is 110 cm³/mol. The second-order valence-electron chi connectivity index (χ2n) is 7.64. The number of carbonyl (C=O) groups excluding carboxylic acids is 1. The Labute approximate surface area is 175 Å². The van der Waals surface area contributed by atoms with E-state index in [2.05, 4.69) is 15.1 Å². The number of carbonyl (C=O) groups is 1. The van der Waals surface area contributed by atoms with Crippen molar-refractivity contribution in [3.63, 3.8) is 0 Å². The van der Waals surface area contributed by atoms with Crippen LogP contribution in [0.15, 0.2) is 42.5 Å². The van der Waals surface area contributed by atoms with E-state index in [1.165, 1.54) is 12.1 Å². The van der Waals surface area contributed by atoms with E-state index in [9.17, 15) is 14.3 Å². The Bertz CT molecular complexity index is 902. The Morgan fingerprint density at radius 1 is 1.13 bits per heavy atom. The van der Waals surface area contributed by atoms with Crippen molar-refractivity contribution in [1.82, 2.24) is 9.80 Å². The number of rotatable bonds is 6. The molecule has 8 heteroatoms. The number of aliphatic hydroxyl groups excluding tert-OH is 1. The van der Waals surface area contributed by atoms with Gasteiger partial charge in [-0.3, -0.25) is 14.6 Å². The van der Waals surface area contributed by atoms with Crippen LogP contribution in [0.5, 0.6) is 11.5 Å². The maximum atomic E-state index is 13.3. The molecule has 2 aliphatic rings. The van der Waals surface area contributed by atoms with Gasteiger partial charge >= 0.3 is 0 Å². The van der Waals surface area contributed by atoms with Crippen LogP contribution < -0.4 is 14.8 Å². The van der Waals surface area contributed by atoms with E-state index in [4.69, 9.17) is 9.47 Å². The van der Waals surface area contributed by atoms with Crippen molar-refractivity contribution in [2.45, 2.75) is 19.1 Å². The van der Waals surface area contributed by atoms with Crippen LogP contribution in [0.2, 0.25) is 0 Å². The summed E-state index contributed by atoms with van der Waals surface area (Å²) in [5.41, 5.74) is 1.25. The van der Waals surface area contributed by atoms with Crippen LogP contribution in [0.1, 0.15) is 18.6 Å². The molecule has 0 aliphatic carbocycles. The average molecular weight is 415 g/mol.